The van der Waals surface area contributed by atoms with Crippen molar-refractivity contribution in [2.24, 2.45) is 0 Å². The van der Waals surface area contributed by atoms with Gasteiger partial charge in [0, 0.05) is 19.2 Å². The third kappa shape index (κ3) is 4.54. The third-order valence-electron chi connectivity index (χ3n) is 2.96. The molecule has 1 fully saturated rings. The van der Waals surface area contributed by atoms with Gasteiger partial charge in [-0.2, -0.15) is 0 Å². The zero-order valence-corrected chi connectivity index (χ0v) is 12.4. The maximum absolute atomic E-state index is 5.48. The number of thioether (sulfide) groups is 1. The van der Waals surface area contributed by atoms with Crippen molar-refractivity contribution in [2.75, 3.05) is 36.6 Å². The number of anilines is 2. The monoisotopic (exact) mass is 282 g/mol. The first-order valence-corrected chi connectivity index (χ1v) is 8.05. The lowest BCUT2D eigenvalue weighted by molar-refractivity contribution is 0.0875. The quantitative estimate of drug-likeness (QED) is 0.618. The molecular weight excluding hydrogens is 260 g/mol. The number of ether oxygens (including phenoxy) is 1. The SMILES string of the molecule is CCCNc1cc(NC2CCCOC2)nc(SC)n1. The molecular formula is C13H22N4OS. The summed E-state index contributed by atoms with van der Waals surface area (Å²) in [6, 6.07) is 2.33. The Hall–Kier alpha value is -1.01. The molecule has 0 amide bonds. The minimum absolute atomic E-state index is 0.359. The molecule has 1 aliphatic rings. The van der Waals surface area contributed by atoms with Crippen LogP contribution in [0.1, 0.15) is 26.2 Å². The van der Waals surface area contributed by atoms with Crippen LogP contribution in [0.15, 0.2) is 11.2 Å². The summed E-state index contributed by atoms with van der Waals surface area (Å²) in [4.78, 5) is 8.95. The van der Waals surface area contributed by atoms with Crippen molar-refractivity contribution in [1.82, 2.24) is 9.97 Å². The number of aromatic nitrogens is 2. The summed E-state index contributed by atoms with van der Waals surface area (Å²) in [5.74, 6) is 1.77. The summed E-state index contributed by atoms with van der Waals surface area (Å²) in [7, 11) is 0. The molecule has 0 saturated carbocycles. The average molecular weight is 282 g/mol. The van der Waals surface area contributed by atoms with E-state index < -0.39 is 0 Å². The standard InChI is InChI=1S/C13H22N4OS/c1-3-6-14-11-8-12(17-13(16-11)19-2)15-10-5-4-7-18-9-10/h8,10H,3-7,9H2,1-2H3,(H2,14,15,16,17). The topological polar surface area (TPSA) is 59.1 Å². The van der Waals surface area contributed by atoms with Crippen molar-refractivity contribution in [1.29, 1.82) is 0 Å². The van der Waals surface area contributed by atoms with Gasteiger partial charge in [-0.25, -0.2) is 9.97 Å². The van der Waals surface area contributed by atoms with Crippen LogP contribution >= 0.6 is 11.8 Å². The molecule has 6 heteroatoms. The molecule has 1 aromatic rings. The fourth-order valence-corrected chi connectivity index (χ4v) is 2.38. The number of nitrogens with zero attached hydrogens (tertiary/aromatic N) is 2. The molecule has 0 bridgehead atoms. The molecule has 5 nitrogen and oxygen atoms in total. The van der Waals surface area contributed by atoms with Crippen molar-refractivity contribution in [2.45, 2.75) is 37.4 Å². The molecule has 1 unspecified atom stereocenters. The fourth-order valence-electron chi connectivity index (χ4n) is 2.00. The number of nitrogens with one attached hydrogen (secondary N) is 2. The molecule has 1 atom stereocenters. The zero-order valence-electron chi connectivity index (χ0n) is 11.6. The highest BCUT2D eigenvalue weighted by molar-refractivity contribution is 7.98. The second-order valence-electron chi connectivity index (χ2n) is 4.61. The van der Waals surface area contributed by atoms with Crippen molar-refractivity contribution in [3.8, 4) is 0 Å². The van der Waals surface area contributed by atoms with Gasteiger partial charge in [0.2, 0.25) is 0 Å². The molecule has 0 radical (unpaired) electrons. The van der Waals surface area contributed by atoms with Gasteiger partial charge < -0.3 is 15.4 Å². The van der Waals surface area contributed by atoms with E-state index in [1.54, 1.807) is 11.8 Å². The van der Waals surface area contributed by atoms with Crippen LogP contribution in [-0.4, -0.2) is 42.0 Å². The highest BCUT2D eigenvalue weighted by Crippen LogP contribution is 2.19. The Balaban J connectivity index is 2.04. The highest BCUT2D eigenvalue weighted by Gasteiger charge is 2.14. The van der Waals surface area contributed by atoms with E-state index in [0.29, 0.717) is 6.04 Å². The summed E-state index contributed by atoms with van der Waals surface area (Å²) in [5.41, 5.74) is 0. The summed E-state index contributed by atoms with van der Waals surface area (Å²) >= 11 is 1.56. The largest absolute Gasteiger partial charge is 0.379 e. The third-order valence-corrected chi connectivity index (χ3v) is 3.50. The van der Waals surface area contributed by atoms with Crippen LogP contribution in [0.3, 0.4) is 0 Å². The van der Waals surface area contributed by atoms with Crippen LogP contribution in [0.5, 0.6) is 0 Å². The zero-order chi connectivity index (χ0) is 13.5. The van der Waals surface area contributed by atoms with Crippen molar-refractivity contribution >= 4 is 23.4 Å². The molecule has 2 N–H and O–H groups in total. The second-order valence-corrected chi connectivity index (χ2v) is 5.38. The fraction of sp³-hybridized carbons (Fsp3) is 0.692. The first-order valence-electron chi connectivity index (χ1n) is 6.83. The van der Waals surface area contributed by atoms with Gasteiger partial charge in [-0.15, -0.1) is 0 Å². The van der Waals surface area contributed by atoms with Gasteiger partial charge in [-0.3, -0.25) is 0 Å². The van der Waals surface area contributed by atoms with Gasteiger partial charge in [0.15, 0.2) is 5.16 Å². The van der Waals surface area contributed by atoms with E-state index in [1.165, 1.54) is 0 Å². The second kappa shape index (κ2) is 7.55. The Morgan fingerprint density at radius 2 is 2.26 bits per heavy atom. The Bertz CT molecular complexity index is 396. The van der Waals surface area contributed by atoms with Crippen LogP contribution in [0.25, 0.3) is 0 Å². The van der Waals surface area contributed by atoms with E-state index in [-0.39, 0.29) is 0 Å². The molecule has 1 aromatic heterocycles. The van der Waals surface area contributed by atoms with Crippen LogP contribution in [0.4, 0.5) is 11.6 Å². The highest BCUT2D eigenvalue weighted by atomic mass is 32.2. The summed E-state index contributed by atoms with van der Waals surface area (Å²) in [6.45, 7) is 4.71. The summed E-state index contributed by atoms with van der Waals surface area (Å²) < 4.78 is 5.48. The van der Waals surface area contributed by atoms with Crippen LogP contribution in [-0.2, 0) is 4.74 Å². The minimum atomic E-state index is 0.359. The molecule has 19 heavy (non-hydrogen) atoms. The Kier molecular flexibility index (Phi) is 5.72. The van der Waals surface area contributed by atoms with Crippen molar-refractivity contribution in [3.63, 3.8) is 0 Å². The van der Waals surface area contributed by atoms with Crippen molar-refractivity contribution in [3.05, 3.63) is 6.07 Å². The maximum Gasteiger partial charge on any atom is 0.191 e. The lowest BCUT2D eigenvalue weighted by atomic mass is 10.1. The number of hydrogen-bond acceptors (Lipinski definition) is 6. The lowest BCUT2D eigenvalue weighted by Crippen LogP contribution is -2.30. The van der Waals surface area contributed by atoms with Gasteiger partial charge >= 0.3 is 0 Å². The number of rotatable bonds is 6. The molecule has 1 saturated heterocycles. The molecule has 0 spiro atoms. The molecule has 0 aromatic carbocycles. The minimum Gasteiger partial charge on any atom is -0.379 e. The maximum atomic E-state index is 5.48. The van der Waals surface area contributed by atoms with Crippen LogP contribution in [0, 0.1) is 0 Å². The van der Waals surface area contributed by atoms with Gasteiger partial charge in [0.25, 0.3) is 0 Å². The predicted octanol–water partition coefficient (Wildman–Crippen LogP) is 2.61. The smallest absolute Gasteiger partial charge is 0.191 e. The van der Waals surface area contributed by atoms with Gasteiger partial charge in [0.05, 0.1) is 12.6 Å². The Morgan fingerprint density at radius 1 is 1.42 bits per heavy atom. The summed E-state index contributed by atoms with van der Waals surface area (Å²) in [5, 5.41) is 7.55. The first kappa shape index (κ1) is 14.4. The van der Waals surface area contributed by atoms with E-state index in [2.05, 4.69) is 27.5 Å². The molecule has 106 valence electrons. The van der Waals surface area contributed by atoms with E-state index in [4.69, 9.17) is 4.74 Å². The van der Waals surface area contributed by atoms with Gasteiger partial charge in [-0.05, 0) is 25.5 Å². The predicted molar refractivity (Wildman–Crippen MR) is 80.1 cm³/mol. The van der Waals surface area contributed by atoms with E-state index in [0.717, 1.165) is 55.8 Å². The number of hydrogen-bond donors (Lipinski definition) is 2. The molecule has 0 aliphatic carbocycles. The van der Waals surface area contributed by atoms with Crippen LogP contribution < -0.4 is 10.6 Å². The summed E-state index contributed by atoms with van der Waals surface area (Å²) in [6.07, 6.45) is 5.32. The first-order chi connectivity index (χ1) is 9.31. The Labute approximate surface area is 118 Å². The van der Waals surface area contributed by atoms with Crippen LogP contribution in [0.2, 0.25) is 0 Å². The lowest BCUT2D eigenvalue weighted by Gasteiger charge is -2.23. The normalized spacial score (nSPS) is 19.2. The van der Waals surface area contributed by atoms with Crippen molar-refractivity contribution < 1.29 is 4.74 Å². The van der Waals surface area contributed by atoms with Gasteiger partial charge in [-0.1, -0.05) is 18.7 Å². The van der Waals surface area contributed by atoms with E-state index in [9.17, 15) is 0 Å². The molecule has 2 heterocycles. The average Bonchev–Trinajstić information content (AvgIpc) is 2.46. The molecule has 1 aliphatic heterocycles. The Morgan fingerprint density at radius 3 is 2.95 bits per heavy atom. The van der Waals surface area contributed by atoms with E-state index >= 15 is 0 Å². The molecule has 2 rings (SSSR count). The van der Waals surface area contributed by atoms with Gasteiger partial charge in [0.1, 0.15) is 11.6 Å². The van der Waals surface area contributed by atoms with E-state index in [1.807, 2.05) is 12.3 Å².